The number of nitrogens with one attached hydrogen (secondary N) is 2. The van der Waals surface area contributed by atoms with Crippen LogP contribution in [0.2, 0.25) is 5.02 Å². The molecule has 1 saturated carbocycles. The van der Waals surface area contributed by atoms with Gasteiger partial charge in [0.1, 0.15) is 0 Å². The molecule has 6 heteroatoms. The number of hydrogen-bond donors (Lipinski definition) is 2. The van der Waals surface area contributed by atoms with Crippen LogP contribution >= 0.6 is 11.6 Å². The second kappa shape index (κ2) is 10.3. The molecule has 2 aliphatic rings. The van der Waals surface area contributed by atoms with Gasteiger partial charge in [-0.3, -0.25) is 9.59 Å². The number of carbonyl (C=O) groups is 2. The third-order valence-corrected chi connectivity index (χ3v) is 6.53. The van der Waals surface area contributed by atoms with Crippen LogP contribution in [0, 0.1) is 5.92 Å². The second-order valence-electron chi connectivity index (χ2n) is 8.07. The Morgan fingerprint density at radius 3 is 2.50 bits per heavy atom. The predicted octanol–water partition coefficient (Wildman–Crippen LogP) is 4.05. The minimum Gasteiger partial charge on any atom is -0.469 e. The van der Waals surface area contributed by atoms with E-state index < -0.39 is 0 Å². The van der Waals surface area contributed by atoms with Crippen molar-refractivity contribution in [2.45, 2.75) is 63.3 Å². The molecule has 2 N–H and O–H groups in total. The molecule has 0 bridgehead atoms. The Balaban J connectivity index is 1.49. The lowest BCUT2D eigenvalue weighted by Crippen LogP contribution is -2.37. The lowest BCUT2D eigenvalue weighted by molar-refractivity contribution is -0.141. The first-order valence-electron chi connectivity index (χ1n) is 10.4. The molecule has 0 atom stereocenters. The summed E-state index contributed by atoms with van der Waals surface area (Å²) in [4.78, 5) is 24.0. The van der Waals surface area contributed by atoms with Crippen LogP contribution in [0.5, 0.6) is 0 Å². The molecular formula is C22H31ClN2O3. The molecule has 0 spiro atoms. The number of esters is 1. The maximum Gasteiger partial charge on any atom is 0.305 e. The zero-order chi connectivity index (χ0) is 19.9. The van der Waals surface area contributed by atoms with Gasteiger partial charge in [0.25, 0.3) is 5.91 Å². The van der Waals surface area contributed by atoms with E-state index in [2.05, 4.69) is 16.7 Å². The monoisotopic (exact) mass is 406 g/mol. The highest BCUT2D eigenvalue weighted by Crippen LogP contribution is 2.30. The third-order valence-electron chi connectivity index (χ3n) is 6.21. The quantitative estimate of drug-likeness (QED) is 0.699. The SMILES string of the molecule is COC(=O)CCC1CCC(NC(=O)c2ccc(C3CCNCC3)cc2Cl)CC1. The van der Waals surface area contributed by atoms with Crippen molar-refractivity contribution < 1.29 is 14.3 Å². The highest BCUT2D eigenvalue weighted by molar-refractivity contribution is 6.33. The third kappa shape index (κ3) is 5.71. The van der Waals surface area contributed by atoms with Crippen molar-refractivity contribution in [3.8, 4) is 0 Å². The molecule has 1 saturated heterocycles. The van der Waals surface area contributed by atoms with Crippen LogP contribution < -0.4 is 10.6 Å². The molecule has 28 heavy (non-hydrogen) atoms. The van der Waals surface area contributed by atoms with Crippen molar-refractivity contribution in [3.05, 3.63) is 34.3 Å². The van der Waals surface area contributed by atoms with Gasteiger partial charge in [0.05, 0.1) is 17.7 Å². The molecule has 3 rings (SSSR count). The van der Waals surface area contributed by atoms with Gasteiger partial charge in [0.15, 0.2) is 0 Å². The molecular weight excluding hydrogens is 376 g/mol. The summed E-state index contributed by atoms with van der Waals surface area (Å²) in [7, 11) is 1.43. The zero-order valence-corrected chi connectivity index (χ0v) is 17.4. The predicted molar refractivity (Wildman–Crippen MR) is 111 cm³/mol. The van der Waals surface area contributed by atoms with E-state index in [0.717, 1.165) is 58.0 Å². The summed E-state index contributed by atoms with van der Waals surface area (Å²) in [6, 6.07) is 6.08. The van der Waals surface area contributed by atoms with Crippen LogP contribution in [-0.4, -0.2) is 38.1 Å². The summed E-state index contributed by atoms with van der Waals surface area (Å²) in [5, 5.41) is 7.06. The molecule has 0 aromatic heterocycles. The Hall–Kier alpha value is -1.59. The molecule has 1 heterocycles. The Kier molecular flexibility index (Phi) is 7.74. The van der Waals surface area contributed by atoms with Crippen molar-refractivity contribution in [1.82, 2.24) is 10.6 Å². The minimum atomic E-state index is -0.141. The Morgan fingerprint density at radius 1 is 1.14 bits per heavy atom. The smallest absolute Gasteiger partial charge is 0.305 e. The summed E-state index contributed by atoms with van der Waals surface area (Å²) >= 11 is 6.45. The molecule has 1 aliphatic heterocycles. The van der Waals surface area contributed by atoms with Crippen LogP contribution in [0.4, 0.5) is 0 Å². The fourth-order valence-corrected chi connectivity index (χ4v) is 4.68. The van der Waals surface area contributed by atoms with Gasteiger partial charge >= 0.3 is 5.97 Å². The first-order chi connectivity index (χ1) is 13.6. The summed E-state index contributed by atoms with van der Waals surface area (Å²) < 4.78 is 4.71. The largest absolute Gasteiger partial charge is 0.469 e. The van der Waals surface area contributed by atoms with Gasteiger partial charge in [0.2, 0.25) is 0 Å². The van der Waals surface area contributed by atoms with Crippen molar-refractivity contribution in [2.75, 3.05) is 20.2 Å². The molecule has 1 aliphatic carbocycles. The summed E-state index contributed by atoms with van der Waals surface area (Å²) in [6.45, 7) is 2.07. The van der Waals surface area contributed by atoms with E-state index in [1.54, 1.807) is 0 Å². The maximum absolute atomic E-state index is 12.7. The average molecular weight is 407 g/mol. The summed E-state index contributed by atoms with van der Waals surface area (Å²) in [5.41, 5.74) is 1.79. The van der Waals surface area contributed by atoms with E-state index in [1.807, 2.05) is 12.1 Å². The number of amides is 1. The fraction of sp³-hybridized carbons (Fsp3) is 0.636. The molecule has 2 fully saturated rings. The van der Waals surface area contributed by atoms with E-state index >= 15 is 0 Å². The maximum atomic E-state index is 12.7. The summed E-state index contributed by atoms with van der Waals surface area (Å²) in [5.74, 6) is 0.842. The first kappa shape index (κ1) is 21.1. The highest BCUT2D eigenvalue weighted by atomic mass is 35.5. The topological polar surface area (TPSA) is 67.4 Å². The Bertz CT molecular complexity index is 680. The lowest BCUT2D eigenvalue weighted by atomic mass is 9.83. The van der Waals surface area contributed by atoms with Gasteiger partial charge in [-0.25, -0.2) is 0 Å². The Morgan fingerprint density at radius 2 is 1.86 bits per heavy atom. The van der Waals surface area contributed by atoms with Crippen LogP contribution in [-0.2, 0) is 9.53 Å². The van der Waals surface area contributed by atoms with Gasteiger partial charge in [-0.1, -0.05) is 17.7 Å². The van der Waals surface area contributed by atoms with E-state index in [1.165, 1.54) is 12.7 Å². The standard InChI is InChI=1S/C22H31ClN2O3/c1-28-21(26)9-4-15-2-6-18(7-3-15)25-22(27)19-8-5-17(14-20(19)23)16-10-12-24-13-11-16/h5,8,14-16,18,24H,2-4,6-7,9-13H2,1H3,(H,25,27). The van der Waals surface area contributed by atoms with Crippen molar-refractivity contribution in [2.24, 2.45) is 5.92 Å². The van der Waals surface area contributed by atoms with Gasteiger partial charge in [-0.05, 0) is 87.6 Å². The van der Waals surface area contributed by atoms with Gasteiger partial charge in [-0.15, -0.1) is 0 Å². The van der Waals surface area contributed by atoms with Crippen molar-refractivity contribution in [1.29, 1.82) is 0 Å². The molecule has 1 aromatic carbocycles. The van der Waals surface area contributed by atoms with Crippen molar-refractivity contribution >= 4 is 23.5 Å². The second-order valence-corrected chi connectivity index (χ2v) is 8.48. The lowest BCUT2D eigenvalue weighted by Gasteiger charge is -2.29. The molecule has 0 unspecified atom stereocenters. The minimum absolute atomic E-state index is 0.0835. The zero-order valence-electron chi connectivity index (χ0n) is 16.6. The average Bonchev–Trinajstić information content (AvgIpc) is 2.73. The van der Waals surface area contributed by atoms with Gasteiger partial charge in [-0.2, -0.15) is 0 Å². The number of benzene rings is 1. The number of carbonyl (C=O) groups excluding carboxylic acids is 2. The van der Waals surface area contributed by atoms with Crippen LogP contribution in [0.15, 0.2) is 18.2 Å². The molecule has 0 radical (unpaired) electrons. The van der Waals surface area contributed by atoms with E-state index in [0.29, 0.717) is 28.8 Å². The highest BCUT2D eigenvalue weighted by Gasteiger charge is 2.24. The molecule has 154 valence electrons. The molecule has 5 nitrogen and oxygen atoms in total. The van der Waals surface area contributed by atoms with E-state index in [-0.39, 0.29) is 17.9 Å². The normalized spacial score (nSPS) is 23.2. The number of piperidine rings is 1. The summed E-state index contributed by atoms with van der Waals surface area (Å²) in [6.07, 6.45) is 7.54. The van der Waals surface area contributed by atoms with Gasteiger partial charge in [0, 0.05) is 12.5 Å². The number of ether oxygens (including phenoxy) is 1. The first-order valence-corrected chi connectivity index (χ1v) is 10.8. The van der Waals surface area contributed by atoms with Crippen LogP contribution in [0.1, 0.15) is 73.2 Å². The van der Waals surface area contributed by atoms with Crippen molar-refractivity contribution in [3.63, 3.8) is 0 Å². The van der Waals surface area contributed by atoms with Crippen LogP contribution in [0.25, 0.3) is 0 Å². The number of hydrogen-bond acceptors (Lipinski definition) is 4. The fourth-order valence-electron chi connectivity index (χ4n) is 4.41. The number of halogens is 1. The molecule has 1 amide bonds. The van der Waals surface area contributed by atoms with Crippen LogP contribution in [0.3, 0.4) is 0 Å². The number of methoxy groups -OCH3 is 1. The van der Waals surface area contributed by atoms with E-state index in [4.69, 9.17) is 16.3 Å². The Labute approximate surface area is 172 Å². The number of rotatable bonds is 6. The van der Waals surface area contributed by atoms with Gasteiger partial charge < -0.3 is 15.4 Å². The molecule has 1 aromatic rings. The van der Waals surface area contributed by atoms with E-state index in [9.17, 15) is 9.59 Å².